The summed E-state index contributed by atoms with van der Waals surface area (Å²) in [7, 11) is 1.57. The van der Waals surface area contributed by atoms with Crippen LogP contribution in [0.15, 0.2) is 10.5 Å². The average molecular weight is 254 g/mol. The largest absolute Gasteiger partial charge is 0.496 e. The van der Waals surface area contributed by atoms with E-state index in [9.17, 15) is 0 Å². The third-order valence-corrected chi connectivity index (χ3v) is 3.10. The zero-order chi connectivity index (χ0) is 12.6. The monoisotopic (exact) mass is 253 g/mol. The second kappa shape index (κ2) is 4.25. The van der Waals surface area contributed by atoms with Crippen LogP contribution in [-0.4, -0.2) is 17.3 Å². The molecule has 0 atom stereocenters. The molecule has 2 rings (SSSR count). The summed E-state index contributed by atoms with van der Waals surface area (Å²) in [5, 5.41) is 8.12. The quantitative estimate of drug-likeness (QED) is 0.890. The normalized spacial score (nSPS) is 10.6. The third kappa shape index (κ3) is 1.93. The molecule has 0 unspecified atom stereocenters. The molecule has 0 saturated heterocycles. The molecular weight excluding hydrogens is 242 g/mol. The van der Waals surface area contributed by atoms with Gasteiger partial charge in [-0.25, -0.2) is 0 Å². The summed E-state index contributed by atoms with van der Waals surface area (Å²) in [6, 6.07) is 1.84. The van der Waals surface area contributed by atoms with Crippen LogP contribution >= 0.6 is 11.6 Å². The number of anilines is 1. The Bertz CT molecular complexity index is 566. The average Bonchev–Trinajstić information content (AvgIpc) is 2.71. The maximum absolute atomic E-state index is 6.19. The van der Waals surface area contributed by atoms with Crippen molar-refractivity contribution in [2.75, 3.05) is 12.8 Å². The van der Waals surface area contributed by atoms with Crippen molar-refractivity contribution in [1.82, 2.24) is 10.2 Å². The van der Waals surface area contributed by atoms with E-state index in [0.717, 1.165) is 11.1 Å². The summed E-state index contributed by atoms with van der Waals surface area (Å²) in [6.07, 6.45) is 0. The summed E-state index contributed by atoms with van der Waals surface area (Å²) >= 11 is 6.19. The molecule has 1 heterocycles. The van der Waals surface area contributed by atoms with Crippen LogP contribution in [0.5, 0.6) is 5.75 Å². The summed E-state index contributed by atoms with van der Waals surface area (Å²) < 4.78 is 10.5. The predicted molar refractivity (Wildman–Crippen MR) is 65.2 cm³/mol. The van der Waals surface area contributed by atoms with Gasteiger partial charge in [0.25, 0.3) is 5.89 Å². The van der Waals surface area contributed by atoms with Crippen LogP contribution in [0.3, 0.4) is 0 Å². The van der Waals surface area contributed by atoms with Crippen LogP contribution in [0.4, 0.5) is 6.01 Å². The Kier molecular flexibility index (Phi) is 2.93. The zero-order valence-electron chi connectivity index (χ0n) is 9.74. The van der Waals surface area contributed by atoms with E-state index in [2.05, 4.69) is 10.2 Å². The van der Waals surface area contributed by atoms with Crippen LogP contribution in [0.1, 0.15) is 11.1 Å². The molecule has 6 heteroatoms. The number of rotatable bonds is 2. The Hall–Kier alpha value is -1.75. The van der Waals surface area contributed by atoms with Gasteiger partial charge in [0.2, 0.25) is 0 Å². The lowest BCUT2D eigenvalue weighted by atomic mass is 10.0. The second-order valence-electron chi connectivity index (χ2n) is 3.66. The van der Waals surface area contributed by atoms with E-state index in [1.165, 1.54) is 0 Å². The maximum Gasteiger partial charge on any atom is 0.313 e. The van der Waals surface area contributed by atoms with E-state index in [-0.39, 0.29) is 6.01 Å². The van der Waals surface area contributed by atoms with Gasteiger partial charge in [-0.15, -0.1) is 5.10 Å². The number of nitrogens with zero attached hydrogens (tertiary/aromatic N) is 2. The van der Waals surface area contributed by atoms with Crippen molar-refractivity contribution in [1.29, 1.82) is 0 Å². The molecule has 0 bridgehead atoms. The number of aryl methyl sites for hydroxylation is 1. The van der Waals surface area contributed by atoms with Crippen molar-refractivity contribution in [3.63, 3.8) is 0 Å². The molecule has 0 aliphatic heterocycles. The molecule has 0 amide bonds. The van der Waals surface area contributed by atoms with E-state index in [4.69, 9.17) is 26.5 Å². The fourth-order valence-electron chi connectivity index (χ4n) is 1.68. The van der Waals surface area contributed by atoms with E-state index >= 15 is 0 Å². The molecule has 1 aromatic carbocycles. The molecule has 5 nitrogen and oxygen atoms in total. The first kappa shape index (κ1) is 11.7. The number of benzene rings is 1. The number of hydrogen-bond acceptors (Lipinski definition) is 5. The van der Waals surface area contributed by atoms with Gasteiger partial charge in [-0.3, -0.25) is 0 Å². The van der Waals surface area contributed by atoms with Crippen molar-refractivity contribution in [3.05, 3.63) is 22.2 Å². The first-order valence-corrected chi connectivity index (χ1v) is 5.35. The molecule has 90 valence electrons. The molecule has 2 aromatic rings. The number of aromatic nitrogens is 2. The molecule has 0 spiro atoms. The highest BCUT2D eigenvalue weighted by Crippen LogP contribution is 2.38. The summed E-state index contributed by atoms with van der Waals surface area (Å²) in [6.45, 7) is 3.78. The van der Waals surface area contributed by atoms with Gasteiger partial charge in [-0.1, -0.05) is 16.7 Å². The first-order chi connectivity index (χ1) is 8.04. The molecule has 1 aromatic heterocycles. The van der Waals surface area contributed by atoms with Crippen LogP contribution in [0, 0.1) is 13.8 Å². The molecular formula is C11H12ClN3O2. The minimum atomic E-state index is 0.0122. The Labute approximate surface area is 104 Å². The van der Waals surface area contributed by atoms with Gasteiger partial charge in [0.15, 0.2) is 0 Å². The lowest BCUT2D eigenvalue weighted by Gasteiger charge is -2.12. The Morgan fingerprint density at radius 2 is 2.06 bits per heavy atom. The fraction of sp³-hybridized carbons (Fsp3) is 0.273. The fourth-order valence-corrected chi connectivity index (χ4v) is 1.83. The van der Waals surface area contributed by atoms with E-state index < -0.39 is 0 Å². The number of ether oxygens (including phenoxy) is 1. The van der Waals surface area contributed by atoms with E-state index in [1.54, 1.807) is 7.11 Å². The predicted octanol–water partition coefficient (Wildman–Crippen LogP) is 2.60. The standard InChI is InChI=1S/C11H12ClN3O2/c1-5-4-7(16-3)8(6(2)9(5)12)10-14-15-11(13)17-10/h4H,1-3H3,(H2,13,15). The van der Waals surface area contributed by atoms with Gasteiger partial charge in [-0.05, 0) is 31.0 Å². The van der Waals surface area contributed by atoms with Crippen LogP contribution in [0.2, 0.25) is 5.02 Å². The highest BCUT2D eigenvalue weighted by molar-refractivity contribution is 6.32. The highest BCUT2D eigenvalue weighted by Gasteiger charge is 2.19. The third-order valence-electron chi connectivity index (χ3n) is 2.52. The van der Waals surface area contributed by atoms with Gasteiger partial charge in [0, 0.05) is 5.02 Å². The van der Waals surface area contributed by atoms with Crippen LogP contribution in [0.25, 0.3) is 11.5 Å². The number of halogens is 1. The van der Waals surface area contributed by atoms with E-state index in [1.807, 2.05) is 19.9 Å². The highest BCUT2D eigenvalue weighted by atomic mass is 35.5. The SMILES string of the molecule is COc1cc(C)c(Cl)c(C)c1-c1nnc(N)o1. The van der Waals surface area contributed by atoms with Gasteiger partial charge < -0.3 is 14.9 Å². The summed E-state index contributed by atoms with van der Waals surface area (Å²) in [4.78, 5) is 0. The van der Waals surface area contributed by atoms with Crippen molar-refractivity contribution in [2.24, 2.45) is 0 Å². The van der Waals surface area contributed by atoms with Crippen LogP contribution in [-0.2, 0) is 0 Å². The minimum Gasteiger partial charge on any atom is -0.496 e. The summed E-state index contributed by atoms with van der Waals surface area (Å²) in [5.41, 5.74) is 7.84. The molecule has 0 fully saturated rings. The second-order valence-corrected chi connectivity index (χ2v) is 4.03. The van der Waals surface area contributed by atoms with Crippen molar-refractivity contribution in [3.8, 4) is 17.2 Å². The lowest BCUT2D eigenvalue weighted by molar-refractivity contribution is 0.414. The van der Waals surface area contributed by atoms with Gasteiger partial charge in [0.1, 0.15) is 5.75 Å². The van der Waals surface area contributed by atoms with Gasteiger partial charge in [0.05, 0.1) is 12.7 Å². The molecule has 0 aliphatic carbocycles. The van der Waals surface area contributed by atoms with Crippen molar-refractivity contribution >= 4 is 17.6 Å². The van der Waals surface area contributed by atoms with Crippen LogP contribution < -0.4 is 10.5 Å². The minimum absolute atomic E-state index is 0.0122. The molecule has 2 N–H and O–H groups in total. The topological polar surface area (TPSA) is 74.2 Å². The number of hydrogen-bond donors (Lipinski definition) is 1. The number of nitrogens with two attached hydrogens (primary N) is 1. The van der Waals surface area contributed by atoms with Crippen molar-refractivity contribution < 1.29 is 9.15 Å². The molecule has 0 aliphatic rings. The molecule has 0 saturated carbocycles. The smallest absolute Gasteiger partial charge is 0.313 e. The molecule has 17 heavy (non-hydrogen) atoms. The summed E-state index contributed by atoms with van der Waals surface area (Å²) in [5.74, 6) is 0.937. The maximum atomic E-state index is 6.19. The Morgan fingerprint density at radius 3 is 2.59 bits per heavy atom. The zero-order valence-corrected chi connectivity index (χ0v) is 10.5. The lowest BCUT2D eigenvalue weighted by Crippen LogP contribution is -1.94. The Balaban J connectivity index is 2.71. The van der Waals surface area contributed by atoms with Gasteiger partial charge in [-0.2, -0.15) is 0 Å². The number of nitrogen functional groups attached to an aromatic ring is 1. The van der Waals surface area contributed by atoms with E-state index in [0.29, 0.717) is 22.2 Å². The first-order valence-electron chi connectivity index (χ1n) is 4.97. The number of methoxy groups -OCH3 is 1. The Morgan fingerprint density at radius 1 is 1.35 bits per heavy atom. The molecule has 0 radical (unpaired) electrons. The van der Waals surface area contributed by atoms with Crippen molar-refractivity contribution in [2.45, 2.75) is 13.8 Å². The van der Waals surface area contributed by atoms with Gasteiger partial charge >= 0.3 is 6.01 Å².